The first-order valence-corrected chi connectivity index (χ1v) is 12.5. The molecule has 0 radical (unpaired) electrons. The van der Waals surface area contributed by atoms with Crippen LogP contribution in [0.15, 0.2) is 42.7 Å². The molecule has 1 N–H and O–H groups in total. The maximum absolute atomic E-state index is 14.5. The van der Waals surface area contributed by atoms with Crippen LogP contribution in [0, 0.1) is 24.0 Å². The number of aromatic nitrogens is 6. The van der Waals surface area contributed by atoms with E-state index >= 15 is 0 Å². The average molecular weight is 503 g/mol. The number of aliphatic hydroxyl groups is 1. The molecule has 37 heavy (non-hydrogen) atoms. The third kappa shape index (κ3) is 3.36. The number of benzene rings is 1. The number of hydrogen-bond acceptors (Lipinski definition) is 6. The number of aliphatic hydroxyl groups excluding tert-OH is 1. The second-order valence-corrected chi connectivity index (χ2v) is 10.8. The molecule has 3 atom stereocenters. The Balaban J connectivity index is 1.47. The number of nitrogens with zero attached hydrogens (tertiary/aromatic N) is 6. The fourth-order valence-electron chi connectivity index (χ4n) is 6.52. The van der Waals surface area contributed by atoms with Crippen molar-refractivity contribution < 1.29 is 13.9 Å². The summed E-state index contributed by atoms with van der Waals surface area (Å²) in [6, 6.07) is 7.55. The molecule has 9 heteroatoms. The molecule has 7 nitrogen and oxygen atoms in total. The van der Waals surface area contributed by atoms with E-state index in [2.05, 4.69) is 34.1 Å². The highest BCUT2D eigenvalue weighted by Gasteiger charge is 2.65. The zero-order chi connectivity index (χ0) is 26.1. The van der Waals surface area contributed by atoms with E-state index in [1.807, 2.05) is 13.0 Å². The van der Waals surface area contributed by atoms with Crippen molar-refractivity contribution in [2.24, 2.45) is 5.41 Å². The van der Waals surface area contributed by atoms with Crippen LogP contribution in [-0.2, 0) is 12.0 Å². The van der Waals surface area contributed by atoms with Gasteiger partial charge in [0, 0.05) is 11.9 Å². The number of rotatable bonds is 5. The standard InChI is InChI=1S/C28H28F2N6O/c1-15-10-21(35-36(15)14-16(2)37)23-12-31-13-24(32-23)28-9-8-18(27(28,3)4)17-11-22(33-34-26(17)28)25-19(29)6-5-7-20(25)30/h5-7,10-13,16,18,37H,8-9,14H2,1-4H3/t16-,18+,28+/m1/s1. The molecule has 190 valence electrons. The van der Waals surface area contributed by atoms with Crippen LogP contribution in [0.1, 0.15) is 62.2 Å². The monoisotopic (exact) mass is 502 g/mol. The molecule has 1 aromatic carbocycles. The SMILES string of the molecule is Cc1cc(-c2cncc([C@@]34CC[C@@H](c5cc(-c6c(F)cccc6F)nnc53)C4(C)C)n2)nn1C[C@@H](C)O. The Morgan fingerprint density at radius 3 is 2.57 bits per heavy atom. The van der Waals surface area contributed by atoms with Gasteiger partial charge in [0.25, 0.3) is 0 Å². The number of hydrogen-bond donors (Lipinski definition) is 1. The molecule has 0 saturated heterocycles. The zero-order valence-electron chi connectivity index (χ0n) is 21.2. The lowest BCUT2D eigenvalue weighted by atomic mass is 9.66. The van der Waals surface area contributed by atoms with Crippen LogP contribution in [0.4, 0.5) is 8.78 Å². The Labute approximate surface area is 213 Å². The average Bonchev–Trinajstić information content (AvgIpc) is 3.41. The van der Waals surface area contributed by atoms with Crippen LogP contribution < -0.4 is 0 Å². The second kappa shape index (κ2) is 8.21. The molecule has 3 heterocycles. The van der Waals surface area contributed by atoms with Crippen molar-refractivity contribution in [3.8, 4) is 22.6 Å². The Morgan fingerprint density at radius 2 is 1.84 bits per heavy atom. The molecule has 2 aliphatic carbocycles. The third-order valence-corrected chi connectivity index (χ3v) is 8.35. The van der Waals surface area contributed by atoms with Gasteiger partial charge in [-0.2, -0.15) is 10.2 Å². The fourth-order valence-corrected chi connectivity index (χ4v) is 6.52. The lowest BCUT2D eigenvalue weighted by Gasteiger charge is -2.37. The van der Waals surface area contributed by atoms with Gasteiger partial charge in [-0.25, -0.2) is 13.8 Å². The van der Waals surface area contributed by atoms with E-state index in [4.69, 9.17) is 4.98 Å². The molecule has 0 unspecified atom stereocenters. The van der Waals surface area contributed by atoms with Gasteiger partial charge in [-0.1, -0.05) is 19.9 Å². The van der Waals surface area contributed by atoms with Gasteiger partial charge in [-0.05, 0) is 67.9 Å². The summed E-state index contributed by atoms with van der Waals surface area (Å²) < 4.78 is 30.8. The number of fused-ring (bicyclic) bond motifs is 5. The predicted molar refractivity (Wildman–Crippen MR) is 134 cm³/mol. The third-order valence-electron chi connectivity index (χ3n) is 8.35. The van der Waals surface area contributed by atoms with Crippen LogP contribution in [0.25, 0.3) is 22.6 Å². The first-order valence-electron chi connectivity index (χ1n) is 12.5. The Morgan fingerprint density at radius 1 is 1.08 bits per heavy atom. The van der Waals surface area contributed by atoms with Crippen molar-refractivity contribution >= 4 is 0 Å². The van der Waals surface area contributed by atoms with Gasteiger partial charge in [0.2, 0.25) is 0 Å². The van der Waals surface area contributed by atoms with Gasteiger partial charge in [0.15, 0.2) is 0 Å². The molecule has 1 saturated carbocycles. The van der Waals surface area contributed by atoms with Crippen LogP contribution >= 0.6 is 0 Å². The maximum atomic E-state index is 14.5. The van der Waals surface area contributed by atoms with Crippen LogP contribution in [-0.4, -0.2) is 41.2 Å². The first-order chi connectivity index (χ1) is 17.6. The minimum Gasteiger partial charge on any atom is -0.391 e. The van der Waals surface area contributed by atoms with E-state index in [1.54, 1.807) is 30.1 Å². The molecule has 6 rings (SSSR count). The molecular weight excluding hydrogens is 474 g/mol. The highest BCUT2D eigenvalue weighted by atomic mass is 19.1. The molecular formula is C28H28F2N6O. The van der Waals surface area contributed by atoms with Crippen LogP contribution in [0.5, 0.6) is 0 Å². The normalized spacial score (nSPS) is 22.3. The summed E-state index contributed by atoms with van der Waals surface area (Å²) in [4.78, 5) is 9.58. The van der Waals surface area contributed by atoms with Crippen molar-refractivity contribution in [2.45, 2.75) is 64.5 Å². The number of halogens is 2. The summed E-state index contributed by atoms with van der Waals surface area (Å²) >= 11 is 0. The molecule has 2 bridgehead atoms. The van der Waals surface area contributed by atoms with Gasteiger partial charge in [0.05, 0.1) is 46.9 Å². The lowest BCUT2D eigenvalue weighted by Crippen LogP contribution is -2.38. The minimum atomic E-state index is -0.657. The van der Waals surface area contributed by atoms with E-state index in [-0.39, 0.29) is 22.6 Å². The molecule has 0 aliphatic heterocycles. The lowest BCUT2D eigenvalue weighted by molar-refractivity contribution is 0.167. The quantitative estimate of drug-likeness (QED) is 0.415. The summed E-state index contributed by atoms with van der Waals surface area (Å²) in [7, 11) is 0. The highest BCUT2D eigenvalue weighted by molar-refractivity contribution is 5.64. The van der Waals surface area contributed by atoms with Gasteiger partial charge in [-0.15, -0.1) is 5.10 Å². The van der Waals surface area contributed by atoms with Gasteiger partial charge < -0.3 is 5.11 Å². The van der Waals surface area contributed by atoms with E-state index in [0.717, 1.165) is 35.5 Å². The molecule has 4 aromatic rings. The molecule has 3 aromatic heterocycles. The van der Waals surface area contributed by atoms with Gasteiger partial charge in [-0.3, -0.25) is 9.67 Å². The maximum Gasteiger partial charge on any atom is 0.135 e. The predicted octanol–water partition coefficient (Wildman–Crippen LogP) is 4.97. The second-order valence-electron chi connectivity index (χ2n) is 10.8. The summed E-state index contributed by atoms with van der Waals surface area (Å²) in [5.74, 6) is -1.17. The summed E-state index contributed by atoms with van der Waals surface area (Å²) in [6.45, 7) is 8.46. The number of aryl methyl sites for hydroxylation is 1. The van der Waals surface area contributed by atoms with Crippen molar-refractivity contribution in [3.05, 3.63) is 77.0 Å². The fraction of sp³-hybridized carbons (Fsp3) is 0.393. The molecule has 0 spiro atoms. The Hall–Kier alpha value is -3.59. The summed E-state index contributed by atoms with van der Waals surface area (Å²) in [6.07, 6.45) is 4.69. The van der Waals surface area contributed by atoms with E-state index in [1.165, 1.54) is 18.2 Å². The van der Waals surface area contributed by atoms with E-state index in [0.29, 0.717) is 17.9 Å². The Kier molecular flexibility index (Phi) is 5.28. The van der Waals surface area contributed by atoms with Gasteiger partial charge >= 0.3 is 0 Å². The smallest absolute Gasteiger partial charge is 0.135 e. The minimum absolute atomic E-state index is 0.143. The van der Waals surface area contributed by atoms with Crippen molar-refractivity contribution in [2.75, 3.05) is 0 Å². The highest BCUT2D eigenvalue weighted by Crippen LogP contribution is 2.69. The van der Waals surface area contributed by atoms with Crippen LogP contribution in [0.2, 0.25) is 0 Å². The molecule has 2 aliphatic rings. The van der Waals surface area contributed by atoms with Crippen molar-refractivity contribution in [1.82, 2.24) is 29.9 Å². The van der Waals surface area contributed by atoms with Crippen molar-refractivity contribution in [3.63, 3.8) is 0 Å². The summed E-state index contributed by atoms with van der Waals surface area (Å²) in [5.41, 5.74) is 4.06. The zero-order valence-corrected chi connectivity index (χ0v) is 21.2. The topological polar surface area (TPSA) is 89.6 Å². The first kappa shape index (κ1) is 23.8. The van der Waals surface area contributed by atoms with Gasteiger partial charge in [0.1, 0.15) is 23.0 Å². The molecule has 1 fully saturated rings. The summed E-state index contributed by atoms with van der Waals surface area (Å²) in [5, 5.41) is 23.3. The van der Waals surface area contributed by atoms with Crippen LogP contribution in [0.3, 0.4) is 0 Å². The largest absolute Gasteiger partial charge is 0.391 e. The van der Waals surface area contributed by atoms with Crippen molar-refractivity contribution in [1.29, 1.82) is 0 Å². The Bertz CT molecular complexity index is 1510. The molecule has 0 amide bonds. The van der Waals surface area contributed by atoms with E-state index < -0.39 is 23.2 Å². The van der Waals surface area contributed by atoms with E-state index in [9.17, 15) is 13.9 Å².